The maximum atomic E-state index is 11.7. The molecule has 1 aromatic rings. The molecule has 0 aromatic heterocycles. The van der Waals surface area contributed by atoms with E-state index in [1.54, 1.807) is 0 Å². The number of anilines is 1. The van der Waals surface area contributed by atoms with Crippen LogP contribution in [0.3, 0.4) is 0 Å². The summed E-state index contributed by atoms with van der Waals surface area (Å²) in [6.45, 7) is 6.15. The molecule has 0 unspecified atom stereocenters. The Morgan fingerprint density at radius 3 is 3.00 bits per heavy atom. The van der Waals surface area contributed by atoms with Crippen molar-refractivity contribution >= 4 is 11.6 Å². The molecule has 0 spiro atoms. The summed E-state index contributed by atoms with van der Waals surface area (Å²) in [4.78, 5) is 14.0. The molecule has 116 valence electrons. The number of carbonyl (C=O) groups is 1. The standard InChI is InChI=1S/C17H26N2O2/c1-13(2)21-10-8-17(20)18-12-14-6-7-16-15(11-14)5-4-9-19(16)3/h6-7,11,13H,4-5,8-10,12H2,1-3H3,(H,18,20). The van der Waals surface area contributed by atoms with Gasteiger partial charge in [-0.1, -0.05) is 12.1 Å². The first-order chi connectivity index (χ1) is 10.1. The highest BCUT2D eigenvalue weighted by molar-refractivity contribution is 5.76. The minimum absolute atomic E-state index is 0.0467. The lowest BCUT2D eigenvalue weighted by molar-refractivity contribution is -0.122. The Morgan fingerprint density at radius 1 is 1.43 bits per heavy atom. The molecule has 1 aromatic carbocycles. The first-order valence-corrected chi connectivity index (χ1v) is 7.77. The third-order valence-corrected chi connectivity index (χ3v) is 3.76. The Morgan fingerprint density at radius 2 is 2.24 bits per heavy atom. The van der Waals surface area contributed by atoms with Gasteiger partial charge in [-0.15, -0.1) is 0 Å². The highest BCUT2D eigenvalue weighted by Crippen LogP contribution is 2.26. The summed E-state index contributed by atoms with van der Waals surface area (Å²) < 4.78 is 5.38. The van der Waals surface area contributed by atoms with Crippen molar-refractivity contribution in [3.8, 4) is 0 Å². The number of ether oxygens (including phenoxy) is 1. The van der Waals surface area contributed by atoms with E-state index in [0.717, 1.165) is 13.0 Å². The lowest BCUT2D eigenvalue weighted by atomic mass is 9.99. The molecular weight excluding hydrogens is 264 g/mol. The molecule has 0 saturated heterocycles. The Hall–Kier alpha value is -1.55. The molecule has 0 bridgehead atoms. The van der Waals surface area contributed by atoms with Crippen molar-refractivity contribution < 1.29 is 9.53 Å². The number of fused-ring (bicyclic) bond motifs is 1. The van der Waals surface area contributed by atoms with E-state index in [-0.39, 0.29) is 12.0 Å². The van der Waals surface area contributed by atoms with Crippen molar-refractivity contribution in [3.05, 3.63) is 29.3 Å². The van der Waals surface area contributed by atoms with Gasteiger partial charge in [0.05, 0.1) is 12.7 Å². The van der Waals surface area contributed by atoms with Crippen molar-refractivity contribution in [2.75, 3.05) is 25.1 Å². The molecule has 0 aliphatic carbocycles. The summed E-state index contributed by atoms with van der Waals surface area (Å²) in [5.41, 5.74) is 3.88. The van der Waals surface area contributed by atoms with Crippen LogP contribution in [0.15, 0.2) is 18.2 Å². The summed E-state index contributed by atoms with van der Waals surface area (Å²) in [5.74, 6) is 0.0467. The topological polar surface area (TPSA) is 41.6 Å². The number of aryl methyl sites for hydroxylation is 1. The van der Waals surface area contributed by atoms with E-state index in [9.17, 15) is 4.79 Å². The number of hydrogen-bond donors (Lipinski definition) is 1. The molecule has 4 nitrogen and oxygen atoms in total. The minimum atomic E-state index is 0.0467. The van der Waals surface area contributed by atoms with Crippen LogP contribution in [0.25, 0.3) is 0 Å². The number of nitrogens with one attached hydrogen (secondary N) is 1. The highest BCUT2D eigenvalue weighted by atomic mass is 16.5. The smallest absolute Gasteiger partial charge is 0.222 e. The van der Waals surface area contributed by atoms with Crippen LogP contribution >= 0.6 is 0 Å². The maximum Gasteiger partial charge on any atom is 0.222 e. The summed E-state index contributed by atoms with van der Waals surface area (Å²) in [6.07, 6.45) is 2.93. The number of amides is 1. The van der Waals surface area contributed by atoms with E-state index < -0.39 is 0 Å². The number of benzene rings is 1. The van der Waals surface area contributed by atoms with Crippen LogP contribution in [-0.4, -0.2) is 32.2 Å². The highest BCUT2D eigenvalue weighted by Gasteiger charge is 2.13. The van der Waals surface area contributed by atoms with Crippen molar-refractivity contribution in [1.29, 1.82) is 0 Å². The van der Waals surface area contributed by atoms with E-state index >= 15 is 0 Å². The van der Waals surface area contributed by atoms with Crippen LogP contribution in [0.5, 0.6) is 0 Å². The fraction of sp³-hybridized carbons (Fsp3) is 0.588. The third-order valence-electron chi connectivity index (χ3n) is 3.76. The van der Waals surface area contributed by atoms with Crippen molar-refractivity contribution in [1.82, 2.24) is 5.32 Å². The second-order valence-electron chi connectivity index (χ2n) is 5.93. The van der Waals surface area contributed by atoms with Gasteiger partial charge in [-0.2, -0.15) is 0 Å². The molecule has 0 radical (unpaired) electrons. The van der Waals surface area contributed by atoms with Gasteiger partial charge in [-0.05, 0) is 43.9 Å². The summed E-state index contributed by atoms with van der Waals surface area (Å²) >= 11 is 0. The molecule has 1 amide bonds. The van der Waals surface area contributed by atoms with E-state index in [1.165, 1.54) is 23.2 Å². The molecule has 1 aliphatic rings. The minimum Gasteiger partial charge on any atom is -0.378 e. The van der Waals surface area contributed by atoms with Gasteiger partial charge in [-0.3, -0.25) is 4.79 Å². The second kappa shape index (κ2) is 7.46. The number of nitrogens with zero attached hydrogens (tertiary/aromatic N) is 1. The molecular formula is C17H26N2O2. The van der Waals surface area contributed by atoms with Gasteiger partial charge in [0.1, 0.15) is 0 Å². The first kappa shape index (κ1) is 15.8. The van der Waals surface area contributed by atoms with Gasteiger partial charge in [0.25, 0.3) is 0 Å². The van der Waals surface area contributed by atoms with Gasteiger partial charge in [0.15, 0.2) is 0 Å². The van der Waals surface area contributed by atoms with E-state index in [2.05, 4.69) is 35.5 Å². The van der Waals surface area contributed by atoms with Crippen LogP contribution in [0.2, 0.25) is 0 Å². The van der Waals surface area contributed by atoms with Gasteiger partial charge in [0.2, 0.25) is 5.91 Å². The van der Waals surface area contributed by atoms with E-state index in [0.29, 0.717) is 19.6 Å². The van der Waals surface area contributed by atoms with Crippen LogP contribution in [0.4, 0.5) is 5.69 Å². The fourth-order valence-corrected chi connectivity index (χ4v) is 2.62. The molecule has 1 heterocycles. The molecule has 0 saturated carbocycles. The summed E-state index contributed by atoms with van der Waals surface area (Å²) in [5, 5.41) is 2.96. The Balaban J connectivity index is 1.82. The van der Waals surface area contributed by atoms with Crippen molar-refractivity contribution in [2.45, 2.75) is 45.8 Å². The fourth-order valence-electron chi connectivity index (χ4n) is 2.62. The molecule has 21 heavy (non-hydrogen) atoms. The van der Waals surface area contributed by atoms with Gasteiger partial charge in [-0.25, -0.2) is 0 Å². The summed E-state index contributed by atoms with van der Waals surface area (Å²) in [6, 6.07) is 6.49. The zero-order valence-corrected chi connectivity index (χ0v) is 13.3. The van der Waals surface area contributed by atoms with Crippen LogP contribution in [0, 0.1) is 0 Å². The molecule has 4 heteroatoms. The molecule has 2 rings (SSSR count). The van der Waals surface area contributed by atoms with Gasteiger partial charge in [0, 0.05) is 32.2 Å². The molecule has 0 atom stereocenters. The number of hydrogen-bond acceptors (Lipinski definition) is 3. The monoisotopic (exact) mass is 290 g/mol. The van der Waals surface area contributed by atoms with Crippen molar-refractivity contribution in [3.63, 3.8) is 0 Å². The molecule has 0 fully saturated rings. The van der Waals surface area contributed by atoms with Crippen LogP contribution < -0.4 is 10.2 Å². The lowest BCUT2D eigenvalue weighted by Crippen LogP contribution is -2.26. The average Bonchev–Trinajstić information content (AvgIpc) is 2.45. The van der Waals surface area contributed by atoms with Crippen LogP contribution in [-0.2, 0) is 22.5 Å². The quantitative estimate of drug-likeness (QED) is 0.875. The average molecular weight is 290 g/mol. The molecule has 1 aliphatic heterocycles. The third kappa shape index (κ3) is 4.74. The molecule has 1 N–H and O–H groups in total. The van der Waals surface area contributed by atoms with Crippen LogP contribution in [0.1, 0.15) is 37.8 Å². The zero-order valence-electron chi connectivity index (χ0n) is 13.3. The zero-order chi connectivity index (χ0) is 15.2. The normalized spacial score (nSPS) is 14.2. The predicted molar refractivity (Wildman–Crippen MR) is 85.6 cm³/mol. The summed E-state index contributed by atoms with van der Waals surface area (Å²) in [7, 11) is 2.13. The van der Waals surface area contributed by atoms with E-state index in [1.807, 2.05) is 13.8 Å². The Labute approximate surface area is 127 Å². The SMILES string of the molecule is CC(C)OCCC(=O)NCc1ccc2c(c1)CCCN2C. The Kier molecular flexibility index (Phi) is 5.62. The maximum absolute atomic E-state index is 11.7. The Bertz CT molecular complexity index is 486. The first-order valence-electron chi connectivity index (χ1n) is 7.77. The van der Waals surface area contributed by atoms with Gasteiger partial charge < -0.3 is 15.0 Å². The second-order valence-corrected chi connectivity index (χ2v) is 5.93. The lowest BCUT2D eigenvalue weighted by Gasteiger charge is -2.27. The van der Waals surface area contributed by atoms with Crippen molar-refractivity contribution in [2.24, 2.45) is 0 Å². The predicted octanol–water partition coefficient (Wildman–Crippen LogP) is 2.50. The van der Waals surface area contributed by atoms with E-state index in [4.69, 9.17) is 4.74 Å². The number of carbonyl (C=O) groups excluding carboxylic acids is 1. The number of rotatable bonds is 6. The van der Waals surface area contributed by atoms with Gasteiger partial charge >= 0.3 is 0 Å². The largest absolute Gasteiger partial charge is 0.378 e.